The monoisotopic (exact) mass is 358 g/mol. The number of aliphatic hydroxyl groups is 2. The van der Waals surface area contributed by atoms with Crippen LogP contribution in [0.1, 0.15) is 32.1 Å². The summed E-state index contributed by atoms with van der Waals surface area (Å²) in [6, 6.07) is 0.0765. The normalized spacial score (nSPS) is 34.3. The fraction of sp³-hybridized carbons (Fsp3) is 0.667. The summed E-state index contributed by atoms with van der Waals surface area (Å²) in [5.74, 6) is 0.933. The van der Waals surface area contributed by atoms with Crippen molar-refractivity contribution >= 4 is 0 Å². The number of rotatable bonds is 3. The molecule has 0 aromatic heterocycles. The van der Waals surface area contributed by atoms with Gasteiger partial charge in [0.25, 0.3) is 0 Å². The van der Waals surface area contributed by atoms with Gasteiger partial charge in [-0.25, -0.2) is 0 Å². The lowest BCUT2D eigenvalue weighted by atomic mass is 9.78. The second-order valence-electron chi connectivity index (χ2n) is 7.25. The van der Waals surface area contributed by atoms with Crippen LogP contribution in [0.3, 0.4) is 0 Å². The van der Waals surface area contributed by atoms with Gasteiger partial charge in [0.05, 0.1) is 5.76 Å². The number of nitrogens with zero attached hydrogens (tertiary/aromatic N) is 1. The molecule has 1 saturated heterocycles. The van der Waals surface area contributed by atoms with Crippen LogP contribution in [0.5, 0.6) is 0 Å². The van der Waals surface area contributed by atoms with Gasteiger partial charge in [-0.15, -0.1) is 0 Å². The summed E-state index contributed by atoms with van der Waals surface area (Å²) in [5.41, 5.74) is 1.10. The zero-order valence-corrected chi connectivity index (χ0v) is 14.2. The van der Waals surface area contributed by atoms with Gasteiger partial charge in [0.15, 0.2) is 0 Å². The predicted octanol–water partition coefficient (Wildman–Crippen LogP) is 3.03. The van der Waals surface area contributed by atoms with Crippen molar-refractivity contribution in [1.29, 1.82) is 0 Å². The van der Waals surface area contributed by atoms with Crippen LogP contribution in [0.25, 0.3) is 0 Å². The Balaban J connectivity index is 1.58. The molecule has 4 nitrogen and oxygen atoms in total. The van der Waals surface area contributed by atoms with E-state index in [1.165, 1.54) is 7.05 Å². The van der Waals surface area contributed by atoms with E-state index in [4.69, 9.17) is 0 Å². The molecule has 140 valence electrons. The first-order valence-corrected chi connectivity index (χ1v) is 8.74. The van der Waals surface area contributed by atoms with Crippen molar-refractivity contribution < 1.29 is 23.4 Å². The molecule has 0 aromatic rings. The van der Waals surface area contributed by atoms with Crippen LogP contribution in [0, 0.1) is 5.92 Å². The number of fused-ring (bicyclic) bond motifs is 1. The van der Waals surface area contributed by atoms with E-state index < -0.39 is 18.4 Å². The maximum absolute atomic E-state index is 12.6. The average Bonchev–Trinajstić information content (AvgIpc) is 2.59. The largest absolute Gasteiger partial charge is 0.513 e. The minimum absolute atomic E-state index is 0.199. The van der Waals surface area contributed by atoms with Crippen molar-refractivity contribution in [3.05, 3.63) is 35.6 Å². The van der Waals surface area contributed by atoms with Crippen molar-refractivity contribution in [2.75, 3.05) is 7.05 Å². The molecule has 3 N–H and O–H groups in total. The van der Waals surface area contributed by atoms with Gasteiger partial charge < -0.3 is 15.5 Å². The molecule has 1 heterocycles. The topological polar surface area (TPSA) is 55.7 Å². The number of piperidine rings is 1. The van der Waals surface area contributed by atoms with Crippen LogP contribution in [-0.4, -0.2) is 52.7 Å². The van der Waals surface area contributed by atoms with Gasteiger partial charge in [0.1, 0.15) is 0 Å². The van der Waals surface area contributed by atoms with Crippen molar-refractivity contribution in [2.24, 2.45) is 5.92 Å². The van der Waals surface area contributed by atoms with Gasteiger partial charge in [-0.2, -0.15) is 13.2 Å². The standard InChI is InChI=1S/C18H25F3N2O2/c1-23(17(25)18(19,20)21)13-5-2-11(3-6-13)15-8-4-12-10-14(24)7-9-16(12)22-15/h2-3,5,7,12-13,15-17,22,24-25H,4,6,8-10H2,1H3/t12-,13-,15?,16+,17?/m1/s1. The molecule has 1 aliphatic heterocycles. The van der Waals surface area contributed by atoms with Gasteiger partial charge in [0, 0.05) is 24.5 Å². The summed E-state index contributed by atoms with van der Waals surface area (Å²) in [5, 5.41) is 22.6. The Morgan fingerprint density at radius 1 is 1.24 bits per heavy atom. The van der Waals surface area contributed by atoms with Crippen LogP contribution < -0.4 is 5.32 Å². The van der Waals surface area contributed by atoms with E-state index in [1.54, 1.807) is 6.08 Å². The Bertz CT molecular complexity index is 585. The third-order valence-corrected chi connectivity index (χ3v) is 5.60. The van der Waals surface area contributed by atoms with E-state index in [2.05, 4.69) is 5.32 Å². The first kappa shape index (κ1) is 18.5. The molecule has 0 spiro atoms. The average molecular weight is 358 g/mol. The van der Waals surface area contributed by atoms with Crippen molar-refractivity contribution in [3.63, 3.8) is 0 Å². The first-order valence-electron chi connectivity index (χ1n) is 8.74. The van der Waals surface area contributed by atoms with Crippen molar-refractivity contribution in [2.45, 2.75) is 62.6 Å². The van der Waals surface area contributed by atoms with E-state index in [0.717, 1.165) is 36.2 Å². The van der Waals surface area contributed by atoms with Gasteiger partial charge >= 0.3 is 6.18 Å². The molecule has 3 rings (SSSR count). The maximum atomic E-state index is 12.6. The second-order valence-corrected chi connectivity index (χ2v) is 7.25. The molecule has 3 aliphatic rings. The summed E-state index contributed by atoms with van der Waals surface area (Å²) < 4.78 is 37.9. The van der Waals surface area contributed by atoms with Gasteiger partial charge in [-0.1, -0.05) is 18.2 Å². The molecule has 25 heavy (non-hydrogen) atoms. The number of likely N-dealkylation sites (N-methyl/N-ethyl adjacent to an activating group) is 1. The van der Waals surface area contributed by atoms with E-state index in [9.17, 15) is 23.4 Å². The Labute approximate surface area is 145 Å². The minimum atomic E-state index is -4.65. The number of allylic oxidation sites excluding steroid dienone is 1. The fourth-order valence-corrected chi connectivity index (χ4v) is 4.04. The molecule has 2 aliphatic carbocycles. The van der Waals surface area contributed by atoms with E-state index >= 15 is 0 Å². The summed E-state index contributed by atoms with van der Waals surface area (Å²) >= 11 is 0. The van der Waals surface area contributed by atoms with Crippen LogP contribution >= 0.6 is 0 Å². The summed E-state index contributed by atoms with van der Waals surface area (Å²) in [6.07, 6.45) is 4.32. The highest BCUT2D eigenvalue weighted by Gasteiger charge is 2.43. The SMILES string of the molecule is CN(C(O)C(F)(F)F)[C@@H]1C=CC(C2CC[C@@H]3CC(O)=CC[C@@H]3N2)=CC1. The Kier molecular flexibility index (Phi) is 5.27. The predicted molar refractivity (Wildman–Crippen MR) is 88.8 cm³/mol. The molecule has 0 amide bonds. The van der Waals surface area contributed by atoms with Crippen molar-refractivity contribution in [1.82, 2.24) is 10.2 Å². The lowest BCUT2D eigenvalue weighted by Gasteiger charge is -2.40. The van der Waals surface area contributed by atoms with Crippen molar-refractivity contribution in [3.8, 4) is 0 Å². The Hall–Kier alpha value is -1.31. The zero-order valence-electron chi connectivity index (χ0n) is 14.2. The molecule has 0 radical (unpaired) electrons. The smallest absolute Gasteiger partial charge is 0.428 e. The van der Waals surface area contributed by atoms with Gasteiger partial charge in [-0.3, -0.25) is 4.90 Å². The number of alkyl halides is 3. The maximum Gasteiger partial charge on any atom is 0.428 e. The van der Waals surface area contributed by atoms with E-state index in [1.807, 2.05) is 18.2 Å². The molecular formula is C18H25F3N2O2. The minimum Gasteiger partial charge on any atom is -0.513 e. The highest BCUT2D eigenvalue weighted by atomic mass is 19.4. The van der Waals surface area contributed by atoms with Crippen LogP contribution in [-0.2, 0) is 0 Å². The van der Waals surface area contributed by atoms with Crippen LogP contribution in [0.4, 0.5) is 13.2 Å². The number of hydrogen-bond donors (Lipinski definition) is 3. The molecule has 0 aromatic carbocycles. The number of nitrogens with one attached hydrogen (secondary N) is 1. The number of halogens is 3. The number of hydrogen-bond acceptors (Lipinski definition) is 4. The second kappa shape index (κ2) is 7.13. The first-order chi connectivity index (χ1) is 11.8. The molecule has 0 bridgehead atoms. The molecule has 2 unspecified atom stereocenters. The molecule has 1 fully saturated rings. The third-order valence-electron chi connectivity index (χ3n) is 5.60. The van der Waals surface area contributed by atoms with Gasteiger partial charge in [0.2, 0.25) is 6.23 Å². The third kappa shape index (κ3) is 4.10. The van der Waals surface area contributed by atoms with Gasteiger partial charge in [-0.05, 0) is 50.3 Å². The lowest BCUT2D eigenvalue weighted by Crippen LogP contribution is -2.50. The molecular weight excluding hydrogens is 333 g/mol. The Morgan fingerprint density at radius 2 is 2.00 bits per heavy atom. The van der Waals surface area contributed by atoms with Crippen LogP contribution in [0.15, 0.2) is 35.6 Å². The highest BCUT2D eigenvalue weighted by Crippen LogP contribution is 2.34. The number of aliphatic hydroxyl groups excluding tert-OH is 2. The quantitative estimate of drug-likeness (QED) is 0.679. The summed E-state index contributed by atoms with van der Waals surface area (Å²) in [7, 11) is 1.29. The highest BCUT2D eigenvalue weighted by molar-refractivity contribution is 5.31. The summed E-state index contributed by atoms with van der Waals surface area (Å²) in [4.78, 5) is 0.947. The van der Waals surface area contributed by atoms with E-state index in [-0.39, 0.29) is 6.04 Å². The Morgan fingerprint density at radius 3 is 2.64 bits per heavy atom. The summed E-state index contributed by atoms with van der Waals surface area (Å²) in [6.45, 7) is 0. The molecule has 5 atom stereocenters. The van der Waals surface area contributed by atoms with Crippen LogP contribution in [0.2, 0.25) is 0 Å². The molecule has 7 heteroatoms. The molecule has 0 saturated carbocycles. The zero-order chi connectivity index (χ0) is 18.2. The fourth-order valence-electron chi connectivity index (χ4n) is 4.04. The van der Waals surface area contributed by atoms with E-state index in [0.29, 0.717) is 24.1 Å². The lowest BCUT2D eigenvalue weighted by molar-refractivity contribution is -0.249.